The van der Waals surface area contributed by atoms with Crippen LogP contribution in [0.1, 0.15) is 5.56 Å². The average Bonchev–Trinajstić information content (AvgIpc) is 3.05. The lowest BCUT2D eigenvalue weighted by Crippen LogP contribution is -2.35. The van der Waals surface area contributed by atoms with E-state index in [9.17, 15) is 18.0 Å². The molecule has 2 aromatic heterocycles. The molecule has 1 amide bonds. The molecule has 0 spiro atoms. The van der Waals surface area contributed by atoms with Gasteiger partial charge in [-0.1, -0.05) is 0 Å². The highest BCUT2D eigenvalue weighted by molar-refractivity contribution is 7.89. The molecule has 0 radical (unpaired) electrons. The second-order valence-electron chi connectivity index (χ2n) is 6.27. The molecule has 0 fully saturated rings. The zero-order valence-corrected chi connectivity index (χ0v) is 15.9. The summed E-state index contributed by atoms with van der Waals surface area (Å²) in [6.07, 6.45) is 3.06. The van der Waals surface area contributed by atoms with Crippen LogP contribution in [-0.2, 0) is 21.9 Å². The fourth-order valence-electron chi connectivity index (χ4n) is 2.65. The zero-order chi connectivity index (χ0) is 19.8. The van der Waals surface area contributed by atoms with Crippen LogP contribution in [-0.4, -0.2) is 47.0 Å². The van der Waals surface area contributed by atoms with Crippen LogP contribution in [0, 0.1) is 6.92 Å². The van der Waals surface area contributed by atoms with Crippen molar-refractivity contribution in [2.45, 2.75) is 11.8 Å². The number of aromatic nitrogens is 3. The van der Waals surface area contributed by atoms with Crippen LogP contribution in [0.3, 0.4) is 0 Å². The smallest absolute Gasteiger partial charge is 0.252 e. The van der Waals surface area contributed by atoms with Crippen LogP contribution in [0.15, 0.2) is 46.3 Å². The Labute approximate surface area is 155 Å². The number of sulfonamides is 1. The molecule has 2 N–H and O–H groups in total. The minimum Gasteiger partial charge on any atom is -0.325 e. The lowest BCUT2D eigenvalue weighted by molar-refractivity contribution is -0.116. The zero-order valence-electron chi connectivity index (χ0n) is 15.1. The minimum absolute atomic E-state index is 0.0545. The molecule has 10 heteroatoms. The van der Waals surface area contributed by atoms with Crippen LogP contribution < -0.4 is 10.9 Å². The summed E-state index contributed by atoms with van der Waals surface area (Å²) < 4.78 is 28.2. The number of likely N-dealkylation sites (N-methyl/N-ethyl adjacent to an activating group) is 1. The van der Waals surface area contributed by atoms with Gasteiger partial charge >= 0.3 is 0 Å². The van der Waals surface area contributed by atoms with E-state index >= 15 is 0 Å². The number of benzene rings is 1. The Bertz CT molecular complexity index is 1180. The van der Waals surface area contributed by atoms with E-state index in [2.05, 4.69) is 15.5 Å². The molecule has 1 aromatic carbocycles. The number of rotatable bonds is 5. The Morgan fingerprint density at radius 3 is 2.78 bits per heavy atom. The summed E-state index contributed by atoms with van der Waals surface area (Å²) in [5.74, 6) is -0.553. The Hall–Kier alpha value is -2.98. The number of anilines is 1. The summed E-state index contributed by atoms with van der Waals surface area (Å²) in [5, 5.41) is 9.78. The molecule has 0 aliphatic carbocycles. The first-order chi connectivity index (χ1) is 12.7. The number of carbonyl (C=O) groups is 1. The van der Waals surface area contributed by atoms with E-state index < -0.39 is 22.5 Å². The number of amides is 1. The molecule has 0 bridgehead atoms. The number of fused-ring (bicyclic) bond motifs is 1. The van der Waals surface area contributed by atoms with Crippen molar-refractivity contribution in [2.75, 3.05) is 18.9 Å². The highest BCUT2D eigenvalue weighted by atomic mass is 32.2. The molecule has 0 atom stereocenters. The summed E-state index contributed by atoms with van der Waals surface area (Å²) in [7, 11) is -1.01. The van der Waals surface area contributed by atoms with E-state index in [1.807, 2.05) is 6.07 Å². The van der Waals surface area contributed by atoms with E-state index in [0.717, 1.165) is 9.87 Å². The lowest BCUT2D eigenvalue weighted by Gasteiger charge is -2.17. The molecule has 0 saturated heterocycles. The Balaban J connectivity index is 1.82. The number of aromatic amines is 1. The van der Waals surface area contributed by atoms with Gasteiger partial charge in [0.25, 0.3) is 5.56 Å². The number of hydrogen-bond donors (Lipinski definition) is 2. The van der Waals surface area contributed by atoms with Gasteiger partial charge in [-0.15, -0.1) is 0 Å². The van der Waals surface area contributed by atoms with Crippen LogP contribution in [0.5, 0.6) is 0 Å². The van der Waals surface area contributed by atoms with E-state index in [-0.39, 0.29) is 10.5 Å². The molecule has 0 saturated carbocycles. The topological polar surface area (TPSA) is 117 Å². The molecule has 2 heterocycles. The number of nitrogens with one attached hydrogen (secondary N) is 2. The number of nitrogens with zero attached hydrogens (tertiary/aromatic N) is 3. The van der Waals surface area contributed by atoms with Crippen LogP contribution in [0.2, 0.25) is 0 Å². The van der Waals surface area contributed by atoms with Crippen molar-refractivity contribution in [3.05, 3.63) is 52.6 Å². The van der Waals surface area contributed by atoms with E-state index in [0.29, 0.717) is 16.6 Å². The monoisotopic (exact) mass is 389 g/mol. The summed E-state index contributed by atoms with van der Waals surface area (Å²) in [4.78, 5) is 23.9. The maximum Gasteiger partial charge on any atom is 0.252 e. The Morgan fingerprint density at radius 2 is 2.07 bits per heavy atom. The fraction of sp³-hybridized carbons (Fsp3) is 0.235. The quantitative estimate of drug-likeness (QED) is 0.670. The molecule has 0 aliphatic heterocycles. The van der Waals surface area contributed by atoms with Crippen molar-refractivity contribution >= 4 is 32.5 Å². The third kappa shape index (κ3) is 3.76. The molecule has 9 nitrogen and oxygen atoms in total. The average molecular weight is 389 g/mol. The SMILES string of the molecule is Cc1cc(S(=O)(=O)N(C)CC(=O)Nc2ccn(C)c(=O)c2)c2[nH]ncc2c1. The van der Waals surface area contributed by atoms with Gasteiger partial charge in [-0.3, -0.25) is 14.7 Å². The van der Waals surface area contributed by atoms with Crippen LogP contribution >= 0.6 is 0 Å². The number of carbonyl (C=O) groups excluding carboxylic acids is 1. The first kappa shape index (κ1) is 18.8. The van der Waals surface area contributed by atoms with Gasteiger partial charge in [0.2, 0.25) is 15.9 Å². The van der Waals surface area contributed by atoms with Crippen molar-refractivity contribution in [1.82, 2.24) is 19.1 Å². The van der Waals surface area contributed by atoms with Crippen molar-refractivity contribution in [1.29, 1.82) is 0 Å². The van der Waals surface area contributed by atoms with Gasteiger partial charge in [-0.2, -0.15) is 9.40 Å². The summed E-state index contributed by atoms with van der Waals surface area (Å²) in [6.45, 7) is 1.38. The third-order valence-corrected chi connectivity index (χ3v) is 5.93. The van der Waals surface area contributed by atoms with Gasteiger partial charge in [0, 0.05) is 37.4 Å². The molecule has 3 rings (SSSR count). The molecule has 0 aliphatic rings. The predicted molar refractivity (Wildman–Crippen MR) is 101 cm³/mol. The van der Waals surface area contributed by atoms with Gasteiger partial charge < -0.3 is 9.88 Å². The normalized spacial score (nSPS) is 11.9. The minimum atomic E-state index is -3.92. The Kier molecular flexibility index (Phi) is 4.85. The number of pyridine rings is 1. The van der Waals surface area contributed by atoms with Gasteiger partial charge in [-0.05, 0) is 30.7 Å². The summed E-state index contributed by atoms with van der Waals surface area (Å²) in [6, 6.07) is 6.18. The van der Waals surface area contributed by atoms with Gasteiger partial charge in [0.05, 0.1) is 18.3 Å². The number of hydrogen-bond acceptors (Lipinski definition) is 5. The fourth-order valence-corrected chi connectivity index (χ4v) is 4.03. The molecular weight excluding hydrogens is 370 g/mol. The summed E-state index contributed by atoms with van der Waals surface area (Å²) >= 11 is 0. The Morgan fingerprint density at radius 1 is 1.33 bits per heavy atom. The molecule has 142 valence electrons. The first-order valence-electron chi connectivity index (χ1n) is 8.05. The molecular formula is C17H19N5O4S. The maximum absolute atomic E-state index is 12.9. The second kappa shape index (κ2) is 6.97. The molecule has 27 heavy (non-hydrogen) atoms. The van der Waals surface area contributed by atoms with E-state index in [4.69, 9.17) is 0 Å². The van der Waals surface area contributed by atoms with Crippen molar-refractivity contribution in [3.63, 3.8) is 0 Å². The predicted octanol–water partition coefficient (Wildman–Crippen LogP) is 0.829. The highest BCUT2D eigenvalue weighted by Gasteiger charge is 2.26. The van der Waals surface area contributed by atoms with Crippen LogP contribution in [0.4, 0.5) is 5.69 Å². The van der Waals surface area contributed by atoms with Gasteiger partial charge in [-0.25, -0.2) is 8.42 Å². The largest absolute Gasteiger partial charge is 0.325 e. The second-order valence-corrected chi connectivity index (χ2v) is 8.28. The van der Waals surface area contributed by atoms with E-state index in [1.54, 1.807) is 26.2 Å². The van der Waals surface area contributed by atoms with E-state index in [1.165, 1.54) is 29.9 Å². The third-order valence-electron chi connectivity index (χ3n) is 4.10. The summed E-state index contributed by atoms with van der Waals surface area (Å²) in [5.41, 5.74) is 1.18. The highest BCUT2D eigenvalue weighted by Crippen LogP contribution is 2.25. The van der Waals surface area contributed by atoms with Crippen molar-refractivity contribution < 1.29 is 13.2 Å². The molecule has 3 aromatic rings. The van der Waals surface area contributed by atoms with Gasteiger partial charge in [0.15, 0.2) is 0 Å². The van der Waals surface area contributed by atoms with Gasteiger partial charge in [0.1, 0.15) is 4.90 Å². The standard InChI is InChI=1S/C17H19N5O4S/c1-11-6-12-9-18-20-17(12)14(7-11)27(25,26)22(3)10-15(23)19-13-4-5-21(2)16(24)8-13/h4-9H,10H2,1-3H3,(H,18,20)(H,19,23). The molecule has 0 unspecified atom stereocenters. The van der Waals surface area contributed by atoms with Crippen molar-refractivity contribution in [2.24, 2.45) is 7.05 Å². The maximum atomic E-state index is 12.9. The lowest BCUT2D eigenvalue weighted by atomic mass is 10.2. The first-order valence-corrected chi connectivity index (χ1v) is 9.49. The number of H-pyrrole nitrogens is 1. The van der Waals surface area contributed by atoms with Crippen molar-refractivity contribution in [3.8, 4) is 0 Å². The number of aryl methyl sites for hydroxylation is 2. The van der Waals surface area contributed by atoms with Crippen LogP contribution in [0.25, 0.3) is 10.9 Å².